The number of nitriles is 1. The fourth-order valence-corrected chi connectivity index (χ4v) is 6.44. The van der Waals surface area contributed by atoms with Gasteiger partial charge in [0.25, 0.3) is 0 Å². The van der Waals surface area contributed by atoms with Gasteiger partial charge in [0.15, 0.2) is 11.9 Å². The highest BCUT2D eigenvalue weighted by Crippen LogP contribution is 2.34. The topological polar surface area (TPSA) is 149 Å². The molecule has 0 bridgehead atoms. The van der Waals surface area contributed by atoms with Gasteiger partial charge < -0.3 is 29.9 Å². The summed E-state index contributed by atoms with van der Waals surface area (Å²) in [5.41, 5.74) is 2.47. The molecule has 4 saturated heterocycles. The zero-order valence-corrected chi connectivity index (χ0v) is 26.1. The standard InChI is InChI=1S/C33H35F2N9O4/c34-33(35)19-44(31(46)26-6-8-29(45)40-26)10-9-28(33)48-27-7-1-21(15-22(27)16-36)30-37-20-38-32(41-30)39-23-2-4-24(5-3-23)42-11-13-43(14-12-42)25-17-47-18-25/h1-5,7,15,20,25-26,28H,6,8-14,17-19H2,(H,40,45)(H,37,38,39,41)/t26-,28-/m0/s1. The molecule has 3 aromatic rings. The second kappa shape index (κ2) is 13.3. The van der Waals surface area contributed by atoms with Crippen molar-refractivity contribution in [2.45, 2.75) is 43.4 Å². The smallest absolute Gasteiger partial charge is 0.301 e. The van der Waals surface area contributed by atoms with Crippen LogP contribution in [0.4, 0.5) is 26.1 Å². The molecule has 7 rings (SSSR count). The van der Waals surface area contributed by atoms with E-state index in [1.165, 1.54) is 18.5 Å². The Morgan fingerprint density at radius 2 is 1.85 bits per heavy atom. The predicted octanol–water partition coefficient (Wildman–Crippen LogP) is 2.57. The number of ether oxygens (including phenoxy) is 2. The molecule has 15 heteroatoms. The first-order chi connectivity index (χ1) is 23.3. The number of aromatic nitrogens is 3. The van der Waals surface area contributed by atoms with Gasteiger partial charge in [0.2, 0.25) is 17.8 Å². The Morgan fingerprint density at radius 3 is 2.52 bits per heavy atom. The van der Waals surface area contributed by atoms with Gasteiger partial charge in [-0.1, -0.05) is 0 Å². The van der Waals surface area contributed by atoms with Crippen LogP contribution < -0.4 is 20.3 Å². The fourth-order valence-electron chi connectivity index (χ4n) is 6.44. The van der Waals surface area contributed by atoms with E-state index < -0.39 is 30.5 Å². The highest BCUT2D eigenvalue weighted by molar-refractivity contribution is 5.91. The molecule has 4 fully saturated rings. The lowest BCUT2D eigenvalue weighted by atomic mass is 10.0. The molecule has 2 N–H and O–H groups in total. The third-order valence-electron chi connectivity index (χ3n) is 9.28. The van der Waals surface area contributed by atoms with Crippen molar-refractivity contribution >= 4 is 29.1 Å². The maximum absolute atomic E-state index is 15.2. The maximum atomic E-state index is 15.2. The van der Waals surface area contributed by atoms with E-state index in [1.54, 1.807) is 6.07 Å². The monoisotopic (exact) mass is 659 g/mol. The highest BCUT2D eigenvalue weighted by Gasteiger charge is 2.49. The van der Waals surface area contributed by atoms with Crippen LogP contribution in [0.5, 0.6) is 5.75 Å². The number of amides is 2. The summed E-state index contributed by atoms with van der Waals surface area (Å²) in [6.07, 6.45) is 0.172. The van der Waals surface area contributed by atoms with E-state index in [2.05, 4.69) is 47.5 Å². The van der Waals surface area contributed by atoms with Crippen molar-refractivity contribution in [3.8, 4) is 23.2 Å². The van der Waals surface area contributed by atoms with E-state index in [-0.39, 0.29) is 42.4 Å². The van der Waals surface area contributed by atoms with E-state index >= 15 is 8.78 Å². The Kier molecular flexibility index (Phi) is 8.76. The van der Waals surface area contributed by atoms with Crippen LogP contribution in [-0.4, -0.2) is 113 Å². The first kappa shape index (κ1) is 31.6. The van der Waals surface area contributed by atoms with Crippen molar-refractivity contribution in [2.24, 2.45) is 0 Å². The number of anilines is 3. The zero-order valence-electron chi connectivity index (χ0n) is 26.1. The first-order valence-corrected chi connectivity index (χ1v) is 16.1. The summed E-state index contributed by atoms with van der Waals surface area (Å²) in [5, 5.41) is 15.6. The van der Waals surface area contributed by atoms with Crippen molar-refractivity contribution in [3.05, 3.63) is 54.4 Å². The second-order valence-corrected chi connectivity index (χ2v) is 12.4. The first-order valence-electron chi connectivity index (χ1n) is 16.1. The molecule has 0 spiro atoms. The SMILES string of the molecule is N#Cc1cc(-c2ncnc(Nc3ccc(N4CCN(C5COC5)CC4)cc3)n2)ccc1O[C@H]1CCN(C(=O)[C@@H]2CCC(=O)N2)CC1(F)F. The molecule has 48 heavy (non-hydrogen) atoms. The minimum absolute atomic E-state index is 0.000259. The zero-order chi connectivity index (χ0) is 33.3. The largest absolute Gasteiger partial charge is 0.483 e. The molecule has 0 aliphatic carbocycles. The molecule has 0 saturated carbocycles. The third kappa shape index (κ3) is 6.71. The number of piperidine rings is 1. The Labute approximate surface area is 275 Å². The van der Waals surface area contributed by atoms with Crippen LogP contribution in [0.25, 0.3) is 11.4 Å². The number of hydrogen-bond acceptors (Lipinski definition) is 11. The van der Waals surface area contributed by atoms with Crippen LogP contribution >= 0.6 is 0 Å². The molecule has 1 aromatic heterocycles. The lowest BCUT2D eigenvalue weighted by Gasteiger charge is -2.43. The lowest BCUT2D eigenvalue weighted by molar-refractivity contribution is -0.161. The molecule has 13 nitrogen and oxygen atoms in total. The number of likely N-dealkylation sites (tertiary alicyclic amines) is 1. The summed E-state index contributed by atoms with van der Waals surface area (Å²) in [6.45, 7) is 4.81. The minimum Gasteiger partial charge on any atom is -0.483 e. The third-order valence-corrected chi connectivity index (χ3v) is 9.28. The number of halogens is 2. The number of nitrogens with one attached hydrogen (secondary N) is 2. The van der Waals surface area contributed by atoms with Crippen LogP contribution in [0, 0.1) is 11.3 Å². The van der Waals surface area contributed by atoms with E-state index in [0.29, 0.717) is 24.0 Å². The van der Waals surface area contributed by atoms with Crippen LogP contribution in [0.3, 0.4) is 0 Å². The van der Waals surface area contributed by atoms with Gasteiger partial charge in [0.05, 0.1) is 31.4 Å². The van der Waals surface area contributed by atoms with Crippen LogP contribution in [0.1, 0.15) is 24.8 Å². The summed E-state index contributed by atoms with van der Waals surface area (Å²) >= 11 is 0. The summed E-state index contributed by atoms with van der Waals surface area (Å²) in [6, 6.07) is 14.4. The Balaban J connectivity index is 0.972. The Morgan fingerprint density at radius 1 is 1.06 bits per heavy atom. The number of rotatable bonds is 8. The predicted molar refractivity (Wildman–Crippen MR) is 170 cm³/mol. The van der Waals surface area contributed by atoms with Crippen molar-refractivity contribution in [1.29, 1.82) is 5.26 Å². The number of carbonyl (C=O) groups is 2. The Hall–Kier alpha value is -4.94. The number of hydrogen-bond donors (Lipinski definition) is 2. The van der Waals surface area contributed by atoms with Gasteiger partial charge in [-0.15, -0.1) is 0 Å². The summed E-state index contributed by atoms with van der Waals surface area (Å²) in [5.74, 6) is -3.55. The number of piperazine rings is 1. The van der Waals surface area contributed by atoms with Gasteiger partial charge in [0.1, 0.15) is 24.2 Å². The van der Waals surface area contributed by atoms with Crippen molar-refractivity contribution in [2.75, 3.05) is 62.7 Å². The second-order valence-electron chi connectivity index (χ2n) is 12.4. The lowest BCUT2D eigenvalue weighted by Crippen LogP contribution is -2.58. The van der Waals surface area contributed by atoms with Gasteiger partial charge in [-0.2, -0.15) is 10.2 Å². The van der Waals surface area contributed by atoms with E-state index in [9.17, 15) is 14.9 Å². The van der Waals surface area contributed by atoms with E-state index in [0.717, 1.165) is 55.7 Å². The molecule has 0 radical (unpaired) electrons. The molecule has 0 unspecified atom stereocenters. The van der Waals surface area contributed by atoms with E-state index in [1.807, 2.05) is 18.2 Å². The quantitative estimate of drug-likeness (QED) is 0.368. The molecule has 2 atom stereocenters. The van der Waals surface area contributed by atoms with Gasteiger partial charge in [-0.25, -0.2) is 18.7 Å². The molecule has 4 aliphatic heterocycles. The number of nitrogens with zero attached hydrogens (tertiary/aromatic N) is 7. The van der Waals surface area contributed by atoms with E-state index in [4.69, 9.17) is 9.47 Å². The summed E-state index contributed by atoms with van der Waals surface area (Å²) in [4.78, 5) is 43.1. The number of carbonyl (C=O) groups excluding carboxylic acids is 2. The van der Waals surface area contributed by atoms with Gasteiger partial charge in [0, 0.05) is 62.5 Å². The minimum atomic E-state index is -3.37. The maximum Gasteiger partial charge on any atom is 0.301 e. The molecule has 4 aliphatic rings. The highest BCUT2D eigenvalue weighted by atomic mass is 19.3. The normalized spacial score (nSPS) is 22.8. The average Bonchev–Trinajstić information content (AvgIpc) is 3.51. The van der Waals surface area contributed by atoms with Crippen LogP contribution in [0.2, 0.25) is 0 Å². The van der Waals surface area contributed by atoms with Crippen LogP contribution in [0.15, 0.2) is 48.8 Å². The Bertz CT molecular complexity index is 1710. The fraction of sp³-hybridized carbons (Fsp3) is 0.455. The molecule has 250 valence electrons. The van der Waals surface area contributed by atoms with Crippen molar-refractivity contribution < 1.29 is 27.8 Å². The molecular weight excluding hydrogens is 624 g/mol. The summed E-state index contributed by atoms with van der Waals surface area (Å²) in [7, 11) is 0. The van der Waals surface area contributed by atoms with Crippen molar-refractivity contribution in [1.82, 2.24) is 30.1 Å². The molecule has 5 heterocycles. The van der Waals surface area contributed by atoms with Crippen LogP contribution in [-0.2, 0) is 14.3 Å². The summed E-state index contributed by atoms with van der Waals surface area (Å²) < 4.78 is 41.4. The molecular formula is C33H35F2N9O4. The number of alkyl halides is 2. The number of benzene rings is 2. The average molecular weight is 660 g/mol. The molecule has 2 amide bonds. The van der Waals surface area contributed by atoms with Gasteiger partial charge in [-0.05, 0) is 48.9 Å². The van der Waals surface area contributed by atoms with Gasteiger partial charge in [-0.3, -0.25) is 14.5 Å². The van der Waals surface area contributed by atoms with Crippen molar-refractivity contribution in [3.63, 3.8) is 0 Å². The molecule has 2 aromatic carbocycles. The van der Waals surface area contributed by atoms with Gasteiger partial charge >= 0.3 is 5.92 Å².